The van der Waals surface area contributed by atoms with Gasteiger partial charge in [0.05, 0.1) is 27.8 Å². The number of nitrogens with zero attached hydrogens (tertiary/aromatic N) is 2. The van der Waals surface area contributed by atoms with Crippen molar-refractivity contribution in [1.29, 1.82) is 0 Å². The number of nitrogens with one attached hydrogen (secondary N) is 1. The number of halogens is 3. The van der Waals surface area contributed by atoms with Crippen LogP contribution < -0.4 is 5.76 Å². The molecule has 1 unspecified atom stereocenters. The smallest absolute Gasteiger partial charge is 0.296 e. The number of alkyl halides is 3. The number of benzene rings is 2. The lowest BCUT2D eigenvalue weighted by Crippen LogP contribution is -2.03. The molecule has 2 aromatic carbocycles. The molecule has 0 fully saturated rings. The van der Waals surface area contributed by atoms with Crippen LogP contribution >= 0.6 is 11.3 Å². The van der Waals surface area contributed by atoms with E-state index in [1.54, 1.807) is 24.3 Å². The molecule has 6 nitrogen and oxygen atoms in total. The van der Waals surface area contributed by atoms with E-state index in [1.807, 2.05) is 0 Å². The minimum atomic E-state index is -4.39. The predicted octanol–water partition coefficient (Wildman–Crippen LogP) is 5.82. The van der Waals surface area contributed by atoms with Gasteiger partial charge in [0.25, 0.3) is 0 Å². The van der Waals surface area contributed by atoms with E-state index >= 15 is 0 Å². The molecule has 0 saturated heterocycles. The average molecular weight is 508 g/mol. The molecular weight excluding hydrogens is 487 g/mol. The number of H-pyrrole nitrogens is 1. The molecule has 2 aromatic heterocycles. The minimum Gasteiger partial charge on any atom is -0.296 e. The monoisotopic (exact) mass is 507 g/mol. The summed E-state index contributed by atoms with van der Waals surface area (Å²) in [5, 5.41) is 4.24. The van der Waals surface area contributed by atoms with Crippen molar-refractivity contribution in [3.63, 3.8) is 0 Å². The first-order valence-corrected chi connectivity index (χ1v) is 12.6. The first-order chi connectivity index (χ1) is 16.2. The molecule has 0 aliphatic heterocycles. The highest BCUT2D eigenvalue weighted by atomic mass is 32.2. The fourth-order valence-corrected chi connectivity index (χ4v) is 5.76. The fourth-order valence-electron chi connectivity index (χ4n) is 3.28. The van der Waals surface area contributed by atoms with Crippen LogP contribution in [0.5, 0.6) is 0 Å². The third kappa shape index (κ3) is 5.53. The Morgan fingerprint density at radius 1 is 1.06 bits per heavy atom. The number of unbranched alkanes of at least 4 members (excludes halogenated alkanes) is 1. The highest BCUT2D eigenvalue weighted by molar-refractivity contribution is 7.84. The van der Waals surface area contributed by atoms with Gasteiger partial charge in [-0.3, -0.25) is 13.7 Å². The van der Waals surface area contributed by atoms with Crippen LogP contribution in [0.3, 0.4) is 0 Å². The Morgan fingerprint density at radius 3 is 2.32 bits per heavy atom. The predicted molar refractivity (Wildman–Crippen MR) is 124 cm³/mol. The van der Waals surface area contributed by atoms with Crippen molar-refractivity contribution in [2.75, 3.05) is 0 Å². The van der Waals surface area contributed by atoms with Crippen LogP contribution in [0.15, 0.2) is 62.7 Å². The van der Waals surface area contributed by atoms with E-state index < -0.39 is 28.3 Å². The second-order valence-electron chi connectivity index (χ2n) is 7.53. The van der Waals surface area contributed by atoms with Crippen molar-refractivity contribution in [3.8, 4) is 22.0 Å². The number of thiazole rings is 1. The molecule has 0 radical (unpaired) electrons. The Morgan fingerprint density at radius 2 is 1.74 bits per heavy atom. The van der Waals surface area contributed by atoms with Gasteiger partial charge in [-0.05, 0) is 49.2 Å². The molecule has 11 heteroatoms. The van der Waals surface area contributed by atoms with Crippen LogP contribution in [0.1, 0.15) is 35.9 Å². The van der Waals surface area contributed by atoms with E-state index in [2.05, 4.69) is 26.6 Å². The average Bonchev–Trinajstić information content (AvgIpc) is 3.43. The van der Waals surface area contributed by atoms with Crippen molar-refractivity contribution in [2.24, 2.45) is 0 Å². The summed E-state index contributed by atoms with van der Waals surface area (Å²) in [5.41, 5.74) is 1.33. The molecule has 0 saturated carbocycles. The Labute approximate surface area is 199 Å². The molecule has 34 heavy (non-hydrogen) atoms. The lowest BCUT2D eigenvalue weighted by atomic mass is 10.1. The number of hydrogen-bond acceptors (Lipinski definition) is 6. The molecule has 4 aromatic rings. The van der Waals surface area contributed by atoms with E-state index in [0.29, 0.717) is 27.5 Å². The van der Waals surface area contributed by atoms with Gasteiger partial charge in [-0.1, -0.05) is 30.6 Å². The highest BCUT2D eigenvalue weighted by Gasteiger charge is 2.30. The molecule has 0 aliphatic carbocycles. The lowest BCUT2D eigenvalue weighted by molar-refractivity contribution is -0.137. The van der Waals surface area contributed by atoms with Gasteiger partial charge in [0.15, 0.2) is 5.82 Å². The third-order valence-corrected chi connectivity index (χ3v) is 7.78. The topological polar surface area (TPSA) is 88.8 Å². The largest absolute Gasteiger partial charge is 0.439 e. The lowest BCUT2D eigenvalue weighted by Gasteiger charge is -2.06. The summed E-state index contributed by atoms with van der Waals surface area (Å²) in [4.78, 5) is 19.7. The number of aromatic amines is 1. The summed E-state index contributed by atoms with van der Waals surface area (Å²) in [6.07, 6.45) is -1.82. The summed E-state index contributed by atoms with van der Waals surface area (Å²) < 4.78 is 56.2. The SMILES string of the molecule is CCCCc1nc(-c2ccc(C(F)(F)F)cc2)sc1CS(=O)c1ccc(-c2noc(=O)[nH]2)cc1. The van der Waals surface area contributed by atoms with Crippen LogP contribution in [0.2, 0.25) is 0 Å². The third-order valence-electron chi connectivity index (χ3n) is 5.10. The normalized spacial score (nSPS) is 12.7. The van der Waals surface area contributed by atoms with Gasteiger partial charge in [0.1, 0.15) is 5.01 Å². The van der Waals surface area contributed by atoms with E-state index in [1.165, 1.54) is 23.5 Å². The zero-order chi connectivity index (χ0) is 24.3. The van der Waals surface area contributed by atoms with Crippen LogP contribution in [0.4, 0.5) is 13.2 Å². The molecule has 178 valence electrons. The van der Waals surface area contributed by atoms with Crippen molar-refractivity contribution in [3.05, 3.63) is 75.2 Å². The van der Waals surface area contributed by atoms with Gasteiger partial charge < -0.3 is 0 Å². The van der Waals surface area contributed by atoms with Crippen LogP contribution in [0, 0.1) is 0 Å². The Balaban J connectivity index is 1.56. The molecular formula is C23H20F3N3O3S2. The molecule has 0 spiro atoms. The fraction of sp³-hybridized carbons (Fsp3) is 0.261. The summed E-state index contributed by atoms with van der Waals surface area (Å²) in [5.74, 6) is -0.124. The van der Waals surface area contributed by atoms with Crippen molar-refractivity contribution >= 4 is 22.1 Å². The molecule has 0 amide bonds. The summed E-state index contributed by atoms with van der Waals surface area (Å²) >= 11 is 1.35. The van der Waals surface area contributed by atoms with Gasteiger partial charge in [0.2, 0.25) is 0 Å². The van der Waals surface area contributed by atoms with E-state index in [4.69, 9.17) is 0 Å². The molecule has 0 bridgehead atoms. The quantitative estimate of drug-likeness (QED) is 0.325. The van der Waals surface area contributed by atoms with Gasteiger partial charge in [-0.15, -0.1) is 11.3 Å². The van der Waals surface area contributed by atoms with E-state index in [9.17, 15) is 22.2 Å². The van der Waals surface area contributed by atoms with E-state index in [0.717, 1.165) is 35.5 Å². The second kappa shape index (κ2) is 10.1. The molecule has 1 atom stereocenters. The summed E-state index contributed by atoms with van der Waals surface area (Å²) in [6.45, 7) is 2.06. The van der Waals surface area contributed by atoms with Crippen LogP contribution in [-0.4, -0.2) is 19.3 Å². The maximum atomic E-state index is 13.1. The Bertz CT molecular complexity index is 1340. The zero-order valence-corrected chi connectivity index (χ0v) is 19.6. The van der Waals surface area contributed by atoms with Gasteiger partial charge in [-0.25, -0.2) is 9.78 Å². The number of aryl methyl sites for hydroxylation is 1. The molecule has 4 rings (SSSR count). The number of hydrogen-bond donors (Lipinski definition) is 1. The maximum absolute atomic E-state index is 13.1. The van der Waals surface area contributed by atoms with Gasteiger partial charge in [-0.2, -0.15) is 13.2 Å². The zero-order valence-electron chi connectivity index (χ0n) is 18.0. The molecule has 1 N–H and O–H groups in total. The standard InChI is InChI=1S/C23H20F3N3O3S2/c1-2-3-4-18-19(33-21(27-18)15-5-9-16(10-6-15)23(24,25)26)13-34(31)17-11-7-14(8-12-17)20-28-22(30)32-29-20/h5-12H,2-4,13H2,1H3,(H,28,29,30). The maximum Gasteiger partial charge on any atom is 0.439 e. The van der Waals surface area contributed by atoms with Crippen LogP contribution in [0.25, 0.3) is 22.0 Å². The van der Waals surface area contributed by atoms with Crippen molar-refractivity contribution < 1.29 is 21.9 Å². The molecule has 2 heterocycles. The van der Waals surface area contributed by atoms with Gasteiger partial charge in [0, 0.05) is 20.9 Å². The number of rotatable bonds is 8. The van der Waals surface area contributed by atoms with E-state index in [-0.39, 0.29) is 11.6 Å². The Hall–Kier alpha value is -3.05. The molecule has 0 aliphatic rings. The minimum absolute atomic E-state index is 0.248. The summed E-state index contributed by atoms with van der Waals surface area (Å²) in [7, 11) is -1.36. The van der Waals surface area contributed by atoms with Crippen LogP contribution in [-0.2, 0) is 29.1 Å². The van der Waals surface area contributed by atoms with Gasteiger partial charge >= 0.3 is 11.9 Å². The highest BCUT2D eigenvalue weighted by Crippen LogP contribution is 2.34. The number of aromatic nitrogens is 3. The first-order valence-electron chi connectivity index (χ1n) is 10.5. The second-order valence-corrected chi connectivity index (χ2v) is 10.1. The summed E-state index contributed by atoms with van der Waals surface area (Å²) in [6, 6.07) is 11.7. The van der Waals surface area contributed by atoms with Crippen molar-refractivity contribution in [1.82, 2.24) is 15.1 Å². The Kier molecular flexibility index (Phi) is 7.13. The van der Waals surface area contributed by atoms with Crippen molar-refractivity contribution in [2.45, 2.75) is 43.0 Å². The first kappa shape index (κ1) is 24.1.